The predicted molar refractivity (Wildman–Crippen MR) is 50.9 cm³/mol. The van der Waals surface area contributed by atoms with Crippen LogP contribution in [-0.4, -0.2) is 22.2 Å². The van der Waals surface area contributed by atoms with Crippen molar-refractivity contribution in [1.82, 2.24) is 0 Å². The van der Waals surface area contributed by atoms with Gasteiger partial charge >= 0.3 is 0 Å². The Bertz CT molecular complexity index is 181. The van der Waals surface area contributed by atoms with E-state index in [1.54, 1.807) is 11.3 Å². The van der Waals surface area contributed by atoms with Gasteiger partial charge in [0.1, 0.15) is 0 Å². The largest absolute Gasteiger partial charge is 0.481 e. The summed E-state index contributed by atoms with van der Waals surface area (Å²) >= 11 is 1.71. The lowest BCUT2D eigenvalue weighted by molar-refractivity contribution is -0.135. The van der Waals surface area contributed by atoms with E-state index in [2.05, 4.69) is 0 Å². The number of rotatable bonds is 0. The van der Waals surface area contributed by atoms with Crippen LogP contribution in [0, 0.1) is 0 Å². The fourth-order valence-corrected chi connectivity index (χ4v) is 0.680. The number of carboxylic acid groups (broad SMARTS) is 2. The molecule has 1 aromatic rings. The highest BCUT2D eigenvalue weighted by molar-refractivity contribution is 7.07. The molecule has 0 unspecified atom stereocenters. The second-order valence-corrected chi connectivity index (χ2v) is 2.65. The van der Waals surface area contributed by atoms with Crippen molar-refractivity contribution in [2.75, 3.05) is 0 Å². The Morgan fingerprint density at radius 2 is 1.23 bits per heavy atom. The highest BCUT2D eigenvalue weighted by atomic mass is 32.1. The molecule has 0 aliphatic carbocycles. The summed E-state index contributed by atoms with van der Waals surface area (Å²) in [5, 5.41) is 18.9. The van der Waals surface area contributed by atoms with Crippen LogP contribution in [0.5, 0.6) is 0 Å². The molecule has 1 rings (SSSR count). The van der Waals surface area contributed by atoms with Gasteiger partial charge in [0.25, 0.3) is 11.9 Å². The quantitative estimate of drug-likeness (QED) is 0.677. The highest BCUT2D eigenvalue weighted by Gasteiger charge is 1.65. The van der Waals surface area contributed by atoms with Gasteiger partial charge in [-0.25, -0.2) is 0 Å². The van der Waals surface area contributed by atoms with E-state index in [9.17, 15) is 0 Å². The van der Waals surface area contributed by atoms with Gasteiger partial charge in [-0.2, -0.15) is 11.3 Å². The molecule has 0 saturated carbocycles. The smallest absolute Gasteiger partial charge is 0.300 e. The SMILES string of the molecule is CC(=O)O.CC(=O)O.c1ccsc1. The molecule has 0 aliphatic rings. The first-order chi connectivity index (χ1) is 5.96. The minimum atomic E-state index is -0.833. The maximum absolute atomic E-state index is 9.00. The Morgan fingerprint density at radius 1 is 1.00 bits per heavy atom. The molecule has 0 atom stereocenters. The van der Waals surface area contributed by atoms with E-state index in [-0.39, 0.29) is 0 Å². The van der Waals surface area contributed by atoms with Crippen molar-refractivity contribution in [3.8, 4) is 0 Å². The number of carboxylic acids is 2. The van der Waals surface area contributed by atoms with E-state index >= 15 is 0 Å². The van der Waals surface area contributed by atoms with Crippen LogP contribution in [0.4, 0.5) is 0 Å². The number of thiophene rings is 1. The van der Waals surface area contributed by atoms with Crippen LogP contribution < -0.4 is 0 Å². The van der Waals surface area contributed by atoms with Crippen LogP contribution in [0.1, 0.15) is 13.8 Å². The van der Waals surface area contributed by atoms with Gasteiger partial charge < -0.3 is 10.2 Å². The summed E-state index contributed by atoms with van der Waals surface area (Å²) in [6, 6.07) is 4.04. The van der Waals surface area contributed by atoms with Crippen molar-refractivity contribution in [1.29, 1.82) is 0 Å². The Kier molecular flexibility index (Phi) is 11.6. The van der Waals surface area contributed by atoms with Crippen molar-refractivity contribution >= 4 is 23.3 Å². The molecule has 0 aliphatic heterocycles. The van der Waals surface area contributed by atoms with Crippen LogP contribution in [0.2, 0.25) is 0 Å². The van der Waals surface area contributed by atoms with Crippen molar-refractivity contribution in [3.05, 3.63) is 22.9 Å². The summed E-state index contributed by atoms with van der Waals surface area (Å²) in [5.74, 6) is -1.67. The van der Waals surface area contributed by atoms with Crippen molar-refractivity contribution < 1.29 is 19.8 Å². The van der Waals surface area contributed by atoms with Gasteiger partial charge in [0.15, 0.2) is 0 Å². The summed E-state index contributed by atoms with van der Waals surface area (Å²) in [6.07, 6.45) is 0. The summed E-state index contributed by atoms with van der Waals surface area (Å²) in [4.78, 5) is 18.0. The lowest BCUT2D eigenvalue weighted by atomic mass is 10.7. The first-order valence-corrected chi connectivity index (χ1v) is 4.27. The zero-order chi connectivity index (χ0) is 10.7. The van der Waals surface area contributed by atoms with Gasteiger partial charge in [-0.15, -0.1) is 0 Å². The molecule has 1 aromatic heterocycles. The molecular weight excluding hydrogens is 192 g/mol. The normalized spacial score (nSPS) is 6.92. The summed E-state index contributed by atoms with van der Waals surface area (Å²) in [6.45, 7) is 2.17. The third-order valence-electron chi connectivity index (χ3n) is 0.425. The minimum Gasteiger partial charge on any atom is -0.481 e. The number of hydrogen-bond donors (Lipinski definition) is 2. The number of hydrogen-bond acceptors (Lipinski definition) is 3. The molecule has 0 saturated heterocycles. The van der Waals surface area contributed by atoms with Gasteiger partial charge in [-0.3, -0.25) is 9.59 Å². The minimum absolute atomic E-state index is 0.833. The van der Waals surface area contributed by atoms with Crippen LogP contribution in [-0.2, 0) is 9.59 Å². The predicted octanol–water partition coefficient (Wildman–Crippen LogP) is 1.93. The Hall–Kier alpha value is -1.36. The fourth-order valence-electron chi connectivity index (χ4n) is 0.227. The third kappa shape index (κ3) is 59.9. The summed E-state index contributed by atoms with van der Waals surface area (Å²) in [7, 11) is 0. The Morgan fingerprint density at radius 3 is 1.31 bits per heavy atom. The first-order valence-electron chi connectivity index (χ1n) is 3.33. The lowest BCUT2D eigenvalue weighted by Crippen LogP contribution is -1.78. The average Bonchev–Trinajstić information content (AvgIpc) is 2.35. The molecule has 0 aromatic carbocycles. The molecule has 0 spiro atoms. The molecule has 74 valence electrons. The van der Waals surface area contributed by atoms with Crippen molar-refractivity contribution in [2.45, 2.75) is 13.8 Å². The maximum Gasteiger partial charge on any atom is 0.300 e. The molecule has 0 amide bonds. The standard InChI is InChI=1S/C4H4S.2C2H4O2/c1-2-4-5-3-1;2*1-2(3)4/h1-4H;2*1H3,(H,3,4). The molecule has 0 radical (unpaired) electrons. The van der Waals surface area contributed by atoms with E-state index in [1.807, 2.05) is 22.9 Å². The molecule has 0 bridgehead atoms. The van der Waals surface area contributed by atoms with Crippen molar-refractivity contribution in [2.24, 2.45) is 0 Å². The summed E-state index contributed by atoms with van der Waals surface area (Å²) < 4.78 is 0. The van der Waals surface area contributed by atoms with E-state index in [4.69, 9.17) is 19.8 Å². The van der Waals surface area contributed by atoms with E-state index < -0.39 is 11.9 Å². The van der Waals surface area contributed by atoms with Crippen LogP contribution in [0.3, 0.4) is 0 Å². The second kappa shape index (κ2) is 10.6. The third-order valence-corrected chi connectivity index (χ3v) is 1.05. The molecule has 0 fully saturated rings. The molecule has 1 heterocycles. The lowest BCUT2D eigenvalue weighted by Gasteiger charge is -1.59. The first kappa shape index (κ1) is 14.2. The fraction of sp³-hybridized carbons (Fsp3) is 0.250. The molecule has 2 N–H and O–H groups in total. The van der Waals surface area contributed by atoms with E-state index in [0.717, 1.165) is 13.8 Å². The average molecular weight is 204 g/mol. The van der Waals surface area contributed by atoms with Crippen molar-refractivity contribution in [3.63, 3.8) is 0 Å². The van der Waals surface area contributed by atoms with Gasteiger partial charge in [0.2, 0.25) is 0 Å². The van der Waals surface area contributed by atoms with Gasteiger partial charge in [-0.05, 0) is 10.8 Å². The van der Waals surface area contributed by atoms with Gasteiger partial charge in [-0.1, -0.05) is 12.1 Å². The molecule has 5 heteroatoms. The van der Waals surface area contributed by atoms with Crippen LogP contribution in [0.25, 0.3) is 0 Å². The molecule has 13 heavy (non-hydrogen) atoms. The van der Waals surface area contributed by atoms with Crippen LogP contribution >= 0.6 is 11.3 Å². The van der Waals surface area contributed by atoms with E-state index in [1.165, 1.54) is 0 Å². The van der Waals surface area contributed by atoms with E-state index in [0.29, 0.717) is 0 Å². The topological polar surface area (TPSA) is 74.6 Å². The zero-order valence-corrected chi connectivity index (χ0v) is 8.25. The number of carbonyl (C=O) groups is 2. The van der Waals surface area contributed by atoms with Gasteiger partial charge in [0, 0.05) is 13.8 Å². The van der Waals surface area contributed by atoms with Gasteiger partial charge in [0.05, 0.1) is 0 Å². The molecular formula is C8H12O4S. The maximum atomic E-state index is 9.00. The van der Waals surface area contributed by atoms with Crippen LogP contribution in [0.15, 0.2) is 22.9 Å². The Balaban J connectivity index is 0. The summed E-state index contributed by atoms with van der Waals surface area (Å²) in [5.41, 5.74) is 0. The Labute approximate surface area is 80.5 Å². The zero-order valence-electron chi connectivity index (χ0n) is 7.43. The monoisotopic (exact) mass is 204 g/mol. The highest BCUT2D eigenvalue weighted by Crippen LogP contribution is 1.91. The second-order valence-electron chi connectivity index (χ2n) is 1.83. The number of aliphatic carboxylic acids is 2. The molecule has 4 nitrogen and oxygen atoms in total.